The van der Waals surface area contributed by atoms with Gasteiger partial charge in [0.2, 0.25) is 0 Å². The number of para-hydroxylation sites is 1. The van der Waals surface area contributed by atoms with E-state index in [0.29, 0.717) is 6.67 Å². The lowest BCUT2D eigenvalue weighted by Crippen LogP contribution is -2.25. The van der Waals surface area contributed by atoms with Crippen molar-refractivity contribution in [2.24, 2.45) is 0 Å². The van der Waals surface area contributed by atoms with Gasteiger partial charge in [-0.05, 0) is 125 Å². The SMILES string of the molecule is Cc1cc2c(cc1C)N(c1cc(Oc3ccc4c5ccccc5n(-c5cc(C(C)(C)c6ccccc6)ccn5)c4c3)cc(C(C)(C)C)c1)CN2c1ccc(C(C)(C)c2ccccc2)cc1. The van der Waals surface area contributed by atoms with Crippen LogP contribution in [0, 0.1) is 13.8 Å². The van der Waals surface area contributed by atoms with Crippen LogP contribution in [0.3, 0.4) is 0 Å². The highest BCUT2D eigenvalue weighted by Gasteiger charge is 2.32. The molecule has 0 saturated heterocycles. The van der Waals surface area contributed by atoms with Crippen LogP contribution in [0.25, 0.3) is 27.6 Å². The molecule has 0 aliphatic carbocycles. The van der Waals surface area contributed by atoms with Crippen LogP contribution in [0.4, 0.5) is 22.7 Å². The van der Waals surface area contributed by atoms with Gasteiger partial charge < -0.3 is 14.5 Å². The van der Waals surface area contributed by atoms with Crippen molar-refractivity contribution in [3.05, 3.63) is 215 Å². The molecule has 0 spiro atoms. The minimum absolute atomic E-state index is 0.116. The molecule has 324 valence electrons. The fourth-order valence-electron chi connectivity index (χ4n) is 9.61. The van der Waals surface area contributed by atoms with E-state index >= 15 is 0 Å². The van der Waals surface area contributed by atoms with Crippen LogP contribution < -0.4 is 14.5 Å². The Labute approximate surface area is 384 Å². The molecule has 10 rings (SSSR count). The zero-order valence-corrected chi connectivity index (χ0v) is 39.1. The quantitative estimate of drug-likeness (QED) is 0.145. The van der Waals surface area contributed by atoms with Crippen LogP contribution in [-0.4, -0.2) is 16.2 Å². The summed E-state index contributed by atoms with van der Waals surface area (Å²) in [5, 5.41) is 2.33. The van der Waals surface area contributed by atoms with Gasteiger partial charge in [-0.1, -0.05) is 139 Å². The lowest BCUT2D eigenvalue weighted by Gasteiger charge is -2.28. The third-order valence-corrected chi connectivity index (χ3v) is 14.0. The lowest BCUT2D eigenvalue weighted by molar-refractivity contribution is 0.479. The van der Waals surface area contributed by atoms with Gasteiger partial charge >= 0.3 is 0 Å². The second-order valence-corrected chi connectivity index (χ2v) is 20.0. The molecule has 5 nitrogen and oxygen atoms in total. The predicted molar refractivity (Wildman–Crippen MR) is 272 cm³/mol. The van der Waals surface area contributed by atoms with Gasteiger partial charge in [0.05, 0.1) is 22.4 Å². The topological polar surface area (TPSA) is 33.5 Å². The molecule has 0 amide bonds. The first kappa shape index (κ1) is 41.9. The van der Waals surface area contributed by atoms with Gasteiger partial charge in [0, 0.05) is 51.3 Å². The predicted octanol–water partition coefficient (Wildman–Crippen LogP) is 15.8. The molecule has 1 aliphatic heterocycles. The minimum Gasteiger partial charge on any atom is -0.457 e. The summed E-state index contributed by atoms with van der Waals surface area (Å²) in [6, 6.07) is 61.6. The number of benzene rings is 7. The second kappa shape index (κ2) is 15.8. The zero-order valence-electron chi connectivity index (χ0n) is 39.1. The number of hydrogen-bond acceptors (Lipinski definition) is 4. The molecule has 0 fully saturated rings. The van der Waals surface area contributed by atoms with Crippen molar-refractivity contribution in [3.63, 3.8) is 0 Å². The molecule has 9 aromatic rings. The van der Waals surface area contributed by atoms with E-state index in [1.807, 2.05) is 6.20 Å². The number of nitrogens with zero attached hydrogens (tertiary/aromatic N) is 4. The van der Waals surface area contributed by atoms with Gasteiger partial charge in [-0.2, -0.15) is 0 Å². The smallest absolute Gasteiger partial charge is 0.137 e. The molecule has 5 heteroatoms. The Balaban J connectivity index is 1.03. The third-order valence-electron chi connectivity index (χ3n) is 14.0. The fraction of sp³-hybridized carbons (Fsp3) is 0.217. The molecule has 0 N–H and O–H groups in total. The minimum atomic E-state index is -0.212. The number of hydrogen-bond donors (Lipinski definition) is 0. The Morgan fingerprint density at radius 3 is 1.66 bits per heavy atom. The zero-order chi connectivity index (χ0) is 45.3. The van der Waals surface area contributed by atoms with Crippen molar-refractivity contribution in [1.29, 1.82) is 0 Å². The van der Waals surface area contributed by atoms with E-state index in [9.17, 15) is 0 Å². The van der Waals surface area contributed by atoms with Crippen LogP contribution in [-0.2, 0) is 16.2 Å². The maximum atomic E-state index is 6.99. The van der Waals surface area contributed by atoms with Gasteiger partial charge in [-0.3, -0.25) is 4.57 Å². The largest absolute Gasteiger partial charge is 0.457 e. The molecular weight excluding hydrogens is 793 g/mol. The van der Waals surface area contributed by atoms with Crippen LogP contribution in [0.5, 0.6) is 11.5 Å². The highest BCUT2D eigenvalue weighted by molar-refractivity contribution is 6.09. The average Bonchev–Trinajstić information content (AvgIpc) is 3.84. The van der Waals surface area contributed by atoms with Gasteiger partial charge in [0.1, 0.15) is 24.0 Å². The van der Waals surface area contributed by atoms with E-state index in [4.69, 9.17) is 9.72 Å². The number of anilines is 4. The third kappa shape index (κ3) is 7.53. The normalized spacial score (nSPS) is 13.2. The summed E-state index contributed by atoms with van der Waals surface area (Å²) in [4.78, 5) is 9.89. The molecule has 0 bridgehead atoms. The first-order valence-electron chi connectivity index (χ1n) is 22.9. The molecule has 3 heterocycles. The Hall–Kier alpha value is -7.11. The van der Waals surface area contributed by atoms with Crippen molar-refractivity contribution < 1.29 is 4.74 Å². The van der Waals surface area contributed by atoms with E-state index in [1.54, 1.807) is 0 Å². The number of rotatable bonds is 9. The Kier molecular flexibility index (Phi) is 10.2. The van der Waals surface area contributed by atoms with Crippen molar-refractivity contribution in [1.82, 2.24) is 9.55 Å². The summed E-state index contributed by atoms with van der Waals surface area (Å²) in [7, 11) is 0. The summed E-state index contributed by atoms with van der Waals surface area (Å²) >= 11 is 0. The van der Waals surface area contributed by atoms with Crippen molar-refractivity contribution in [2.75, 3.05) is 16.5 Å². The Morgan fingerprint density at radius 1 is 0.446 bits per heavy atom. The van der Waals surface area contributed by atoms with Gasteiger partial charge in [-0.15, -0.1) is 0 Å². The summed E-state index contributed by atoms with van der Waals surface area (Å²) in [6.07, 6.45) is 1.94. The summed E-state index contributed by atoms with van der Waals surface area (Å²) < 4.78 is 9.28. The standard InChI is InChI=1S/C60H58N4O/c1-40-32-55-56(33-41(40)2)63(39-62(55)47-26-24-44(25-27-47)59(6,7)42-18-12-10-13-19-42)48-34-46(58(3,4)5)35-50(37-48)65-49-28-29-52-51-22-16-17-23-53(51)64(54(52)38-49)57-36-45(30-31-61-57)60(8,9)43-20-14-11-15-21-43/h10-38H,39H2,1-9H3. The van der Waals surface area contributed by atoms with E-state index in [-0.39, 0.29) is 16.2 Å². The molecule has 0 atom stereocenters. The maximum Gasteiger partial charge on any atom is 0.137 e. The van der Waals surface area contributed by atoms with E-state index in [1.165, 1.54) is 61.4 Å². The average molecular weight is 851 g/mol. The van der Waals surface area contributed by atoms with E-state index in [2.05, 4.69) is 247 Å². The molecule has 0 saturated carbocycles. The molecular formula is C60H58N4O. The lowest BCUT2D eigenvalue weighted by atomic mass is 9.78. The molecule has 1 aliphatic rings. The molecule has 7 aromatic carbocycles. The number of aryl methyl sites for hydroxylation is 2. The highest BCUT2D eigenvalue weighted by Crippen LogP contribution is 2.48. The summed E-state index contributed by atoms with van der Waals surface area (Å²) in [5.41, 5.74) is 15.2. The fourth-order valence-corrected chi connectivity index (χ4v) is 9.61. The second-order valence-electron chi connectivity index (χ2n) is 20.0. The first-order valence-corrected chi connectivity index (χ1v) is 22.9. The maximum absolute atomic E-state index is 6.99. The van der Waals surface area contributed by atoms with E-state index < -0.39 is 0 Å². The van der Waals surface area contributed by atoms with E-state index in [0.717, 1.165) is 39.4 Å². The number of aromatic nitrogens is 2. The van der Waals surface area contributed by atoms with Crippen molar-refractivity contribution >= 4 is 44.6 Å². The summed E-state index contributed by atoms with van der Waals surface area (Å²) in [6.45, 7) is 21.1. The van der Waals surface area contributed by atoms with Gasteiger partial charge in [0.25, 0.3) is 0 Å². The van der Waals surface area contributed by atoms with Crippen LogP contribution in [0.2, 0.25) is 0 Å². The van der Waals surface area contributed by atoms with Crippen LogP contribution in [0.15, 0.2) is 176 Å². The highest BCUT2D eigenvalue weighted by atomic mass is 16.5. The monoisotopic (exact) mass is 850 g/mol. The molecule has 2 aromatic heterocycles. The first-order chi connectivity index (χ1) is 31.2. The molecule has 0 radical (unpaired) electrons. The van der Waals surface area contributed by atoms with Gasteiger partial charge in [0.15, 0.2) is 0 Å². The van der Waals surface area contributed by atoms with Gasteiger partial charge in [-0.25, -0.2) is 4.98 Å². The molecule has 0 unspecified atom stereocenters. The van der Waals surface area contributed by atoms with Crippen molar-refractivity contribution in [3.8, 4) is 17.3 Å². The summed E-state index contributed by atoms with van der Waals surface area (Å²) in [5.74, 6) is 2.45. The number of fused-ring (bicyclic) bond motifs is 4. The number of pyridine rings is 1. The number of ether oxygens (including phenoxy) is 1. The molecule has 65 heavy (non-hydrogen) atoms. The van der Waals surface area contributed by atoms with Crippen LogP contribution >= 0.6 is 0 Å². The van der Waals surface area contributed by atoms with Crippen LogP contribution in [0.1, 0.15) is 87.4 Å². The van der Waals surface area contributed by atoms with Crippen molar-refractivity contribution in [2.45, 2.75) is 78.6 Å². The Bertz CT molecular complexity index is 3210. The Morgan fingerprint density at radius 2 is 1.02 bits per heavy atom.